The molecule has 3 aliphatic rings. The molecule has 2 fully saturated rings. The summed E-state index contributed by atoms with van der Waals surface area (Å²) in [6.45, 7) is 7.84. The third kappa shape index (κ3) is 4.53. The van der Waals surface area contributed by atoms with Gasteiger partial charge in [-0.1, -0.05) is 26.0 Å². The predicted molar refractivity (Wildman–Crippen MR) is 145 cm³/mol. The second kappa shape index (κ2) is 10.1. The second-order valence-electron chi connectivity index (χ2n) is 11.3. The Labute approximate surface area is 228 Å². The van der Waals surface area contributed by atoms with Crippen molar-refractivity contribution >= 4 is 5.91 Å². The van der Waals surface area contributed by atoms with Crippen molar-refractivity contribution in [2.75, 3.05) is 19.8 Å². The monoisotopic (exact) mass is 530 g/mol. The van der Waals surface area contributed by atoms with Crippen LogP contribution in [0.15, 0.2) is 42.6 Å². The Hall–Kier alpha value is -3.23. The van der Waals surface area contributed by atoms with E-state index in [1.807, 2.05) is 18.2 Å². The Morgan fingerprint density at radius 3 is 2.72 bits per heavy atom. The van der Waals surface area contributed by atoms with E-state index in [-0.39, 0.29) is 23.1 Å². The molecule has 1 aromatic carbocycles. The number of carbonyl (C=O) groups excluding carboxylic acids is 1. The summed E-state index contributed by atoms with van der Waals surface area (Å²) >= 11 is 0. The number of benzene rings is 1. The molecule has 0 radical (unpaired) electrons. The number of ether oxygens (including phenoxy) is 2. The van der Waals surface area contributed by atoms with Crippen molar-refractivity contribution in [1.82, 2.24) is 20.3 Å². The van der Waals surface area contributed by atoms with Gasteiger partial charge < -0.3 is 14.8 Å². The van der Waals surface area contributed by atoms with Gasteiger partial charge in [-0.3, -0.25) is 9.78 Å². The number of aromatic nitrogens is 3. The number of halogens is 1. The van der Waals surface area contributed by atoms with Gasteiger partial charge in [0.2, 0.25) is 5.91 Å². The number of rotatable bonds is 5. The summed E-state index contributed by atoms with van der Waals surface area (Å²) < 4.78 is 27.6. The number of hydrogen-bond acceptors (Lipinski definition) is 6. The van der Waals surface area contributed by atoms with Gasteiger partial charge in [0.1, 0.15) is 5.82 Å². The van der Waals surface area contributed by atoms with Crippen molar-refractivity contribution in [3.63, 3.8) is 0 Å². The first-order valence-corrected chi connectivity index (χ1v) is 13.9. The van der Waals surface area contributed by atoms with E-state index in [4.69, 9.17) is 19.4 Å². The fourth-order valence-electron chi connectivity index (χ4n) is 7.06. The fourth-order valence-corrected chi connectivity index (χ4v) is 7.06. The summed E-state index contributed by atoms with van der Waals surface area (Å²) in [6, 6.07) is 10.7. The van der Waals surface area contributed by atoms with Crippen LogP contribution in [0.4, 0.5) is 4.39 Å². The number of carbonyl (C=O) groups is 1. The minimum Gasteiger partial charge on any atom is -0.356 e. The zero-order chi connectivity index (χ0) is 27.2. The van der Waals surface area contributed by atoms with Crippen LogP contribution in [0.5, 0.6) is 0 Å². The van der Waals surface area contributed by atoms with Crippen LogP contribution in [0.2, 0.25) is 0 Å². The summed E-state index contributed by atoms with van der Waals surface area (Å²) in [4.78, 5) is 26.0. The molecule has 3 atom stereocenters. The minimum atomic E-state index is -0.514. The van der Waals surface area contributed by atoms with Gasteiger partial charge in [0.15, 0.2) is 11.6 Å². The van der Waals surface area contributed by atoms with Crippen LogP contribution in [0, 0.1) is 17.7 Å². The maximum Gasteiger partial charge on any atom is 0.216 e. The van der Waals surface area contributed by atoms with Crippen LogP contribution in [0.3, 0.4) is 0 Å². The lowest BCUT2D eigenvalue weighted by Crippen LogP contribution is -2.55. The standard InChI is InChI=1S/C31H35FN4O3/c1-19-25-9-8-24-27(23-6-4-5-7-26(23)32)35-29(21-10-14-34-22(18-21)11-15-33-20(2)37)36-28(24)30(25,3)12-13-31(19)38-16-17-39-31/h4-7,10,14,18-19,25H,8-9,11-13,15-17H2,1-3H3,(H,33,37)/t19-,25-,30-/m1/s1. The average molecular weight is 531 g/mol. The van der Waals surface area contributed by atoms with Crippen LogP contribution < -0.4 is 5.32 Å². The van der Waals surface area contributed by atoms with E-state index in [1.54, 1.807) is 18.3 Å². The van der Waals surface area contributed by atoms with E-state index in [2.05, 4.69) is 24.1 Å². The molecule has 39 heavy (non-hydrogen) atoms. The molecule has 8 heteroatoms. The predicted octanol–water partition coefficient (Wildman–Crippen LogP) is 5.02. The minimum absolute atomic E-state index is 0.0709. The first kappa shape index (κ1) is 26.0. The molecule has 7 nitrogen and oxygen atoms in total. The van der Waals surface area contributed by atoms with Gasteiger partial charge in [0.05, 0.1) is 24.6 Å². The number of nitrogens with one attached hydrogen (secondary N) is 1. The molecule has 1 saturated carbocycles. The second-order valence-corrected chi connectivity index (χ2v) is 11.3. The third-order valence-electron chi connectivity index (χ3n) is 9.10. The highest BCUT2D eigenvalue weighted by Crippen LogP contribution is 2.57. The number of hydrogen-bond donors (Lipinski definition) is 1. The summed E-state index contributed by atoms with van der Waals surface area (Å²) in [5.74, 6) is 0.227. The molecule has 3 aromatic rings. The van der Waals surface area contributed by atoms with Gasteiger partial charge in [-0.2, -0.15) is 0 Å². The van der Waals surface area contributed by atoms with E-state index in [1.165, 1.54) is 13.0 Å². The van der Waals surface area contributed by atoms with E-state index >= 15 is 4.39 Å². The lowest BCUT2D eigenvalue weighted by Gasteiger charge is -2.54. The normalized spacial score (nSPS) is 25.2. The number of nitrogens with zero attached hydrogens (tertiary/aromatic N) is 3. The highest BCUT2D eigenvalue weighted by Gasteiger charge is 2.57. The van der Waals surface area contributed by atoms with E-state index < -0.39 is 5.79 Å². The highest BCUT2D eigenvalue weighted by molar-refractivity contribution is 5.73. The van der Waals surface area contributed by atoms with Crippen LogP contribution in [0.1, 0.15) is 57.0 Å². The maximum absolute atomic E-state index is 15.2. The summed E-state index contributed by atoms with van der Waals surface area (Å²) in [5.41, 5.74) is 4.68. The number of fused-ring (bicyclic) bond motifs is 3. The van der Waals surface area contributed by atoms with Gasteiger partial charge in [-0.05, 0) is 49.4 Å². The molecule has 1 N–H and O–H groups in total. The molecule has 0 bridgehead atoms. The Kier molecular flexibility index (Phi) is 6.71. The zero-order valence-electron chi connectivity index (χ0n) is 22.8. The molecular weight excluding hydrogens is 495 g/mol. The van der Waals surface area contributed by atoms with E-state index in [0.717, 1.165) is 48.2 Å². The zero-order valence-corrected chi connectivity index (χ0v) is 22.8. The van der Waals surface area contributed by atoms with Crippen LogP contribution in [-0.2, 0) is 32.5 Å². The highest BCUT2D eigenvalue weighted by atomic mass is 19.1. The van der Waals surface area contributed by atoms with Crippen molar-refractivity contribution in [2.45, 2.75) is 64.1 Å². The summed E-state index contributed by atoms with van der Waals surface area (Å²) in [6.07, 6.45) is 5.75. The Bertz CT molecular complexity index is 1410. The molecule has 1 aliphatic heterocycles. The number of pyridine rings is 1. The largest absolute Gasteiger partial charge is 0.356 e. The SMILES string of the molecule is CC(=O)NCCc1cc(-c2nc(-c3ccccc3F)c3c(n2)[C@]2(C)CCC4(OCCO4)[C@H](C)[C@H]2CC3)ccn1. The molecular formula is C31H35FN4O3. The van der Waals surface area contributed by atoms with Crippen LogP contribution in [0.25, 0.3) is 22.6 Å². The van der Waals surface area contributed by atoms with E-state index in [9.17, 15) is 4.79 Å². The first-order chi connectivity index (χ1) is 18.8. The summed E-state index contributed by atoms with van der Waals surface area (Å²) in [5, 5.41) is 2.82. The summed E-state index contributed by atoms with van der Waals surface area (Å²) in [7, 11) is 0. The molecule has 1 amide bonds. The molecule has 3 heterocycles. The molecule has 6 rings (SSSR count). The quantitative estimate of drug-likeness (QED) is 0.499. The fraction of sp³-hybridized carbons (Fsp3) is 0.484. The lowest BCUT2D eigenvalue weighted by atomic mass is 9.54. The molecule has 1 spiro atoms. The van der Waals surface area contributed by atoms with Gasteiger partial charge in [0.25, 0.3) is 0 Å². The lowest BCUT2D eigenvalue weighted by molar-refractivity contribution is -0.234. The average Bonchev–Trinajstić information content (AvgIpc) is 3.41. The van der Waals surface area contributed by atoms with Crippen molar-refractivity contribution in [2.24, 2.45) is 11.8 Å². The Morgan fingerprint density at radius 1 is 1.15 bits per heavy atom. The molecule has 1 saturated heterocycles. The molecule has 0 unspecified atom stereocenters. The smallest absolute Gasteiger partial charge is 0.216 e. The first-order valence-electron chi connectivity index (χ1n) is 13.9. The Morgan fingerprint density at radius 2 is 1.95 bits per heavy atom. The third-order valence-corrected chi connectivity index (χ3v) is 9.10. The van der Waals surface area contributed by atoms with Crippen LogP contribution in [-0.4, -0.2) is 46.4 Å². The Balaban J connectivity index is 1.46. The van der Waals surface area contributed by atoms with Crippen LogP contribution >= 0.6 is 0 Å². The van der Waals surface area contributed by atoms with Crippen molar-refractivity contribution in [3.05, 3.63) is 65.4 Å². The maximum atomic E-state index is 15.2. The molecule has 2 aliphatic carbocycles. The van der Waals surface area contributed by atoms with Gasteiger partial charge >= 0.3 is 0 Å². The molecule has 2 aromatic heterocycles. The van der Waals surface area contributed by atoms with Gasteiger partial charge in [0, 0.05) is 66.2 Å². The van der Waals surface area contributed by atoms with Crippen molar-refractivity contribution in [1.29, 1.82) is 0 Å². The topological polar surface area (TPSA) is 86.2 Å². The van der Waals surface area contributed by atoms with Crippen molar-refractivity contribution < 1.29 is 18.7 Å². The van der Waals surface area contributed by atoms with Gasteiger partial charge in [-0.25, -0.2) is 14.4 Å². The molecule has 204 valence electrons. The van der Waals surface area contributed by atoms with E-state index in [0.29, 0.717) is 49.2 Å². The van der Waals surface area contributed by atoms with Crippen molar-refractivity contribution in [3.8, 4) is 22.6 Å². The number of amides is 1. The van der Waals surface area contributed by atoms with Gasteiger partial charge in [-0.15, -0.1) is 0 Å².